The summed E-state index contributed by atoms with van der Waals surface area (Å²) >= 11 is 3.74. The molecule has 1 aromatic heterocycles. The number of fused-ring (bicyclic) bond motifs is 2. The minimum atomic E-state index is -2.37. The van der Waals surface area contributed by atoms with Gasteiger partial charge in [-0.15, -0.1) is 5.10 Å². The second-order valence-corrected chi connectivity index (χ2v) is 22.5. The van der Waals surface area contributed by atoms with Gasteiger partial charge in [0.1, 0.15) is 5.75 Å². The summed E-state index contributed by atoms with van der Waals surface area (Å²) in [5.74, 6) is 0.495. The molecule has 8 rings (SSSR count). The van der Waals surface area contributed by atoms with E-state index in [0.29, 0.717) is 31.6 Å². The van der Waals surface area contributed by atoms with Crippen LogP contribution in [-0.4, -0.2) is 66.4 Å². The van der Waals surface area contributed by atoms with E-state index in [1.165, 1.54) is 5.19 Å². The number of amides is 2. The van der Waals surface area contributed by atoms with Crippen molar-refractivity contribution in [2.45, 2.75) is 94.8 Å². The van der Waals surface area contributed by atoms with E-state index in [0.717, 1.165) is 70.5 Å². The van der Waals surface area contributed by atoms with Crippen LogP contribution in [0.2, 0.25) is 18.6 Å². The van der Waals surface area contributed by atoms with Gasteiger partial charge >= 0.3 is 0 Å². The first-order valence-corrected chi connectivity index (χ1v) is 24.8. The van der Waals surface area contributed by atoms with Crippen LogP contribution < -0.4 is 19.7 Å². The van der Waals surface area contributed by atoms with Gasteiger partial charge in [0.25, 0.3) is 5.91 Å². The van der Waals surface area contributed by atoms with Gasteiger partial charge in [-0.1, -0.05) is 114 Å². The fourth-order valence-corrected chi connectivity index (χ4v) is 14.4. The number of halogens is 1. The van der Waals surface area contributed by atoms with Gasteiger partial charge in [0.05, 0.1) is 51.7 Å². The lowest BCUT2D eigenvalue weighted by molar-refractivity contribution is -0.146. The summed E-state index contributed by atoms with van der Waals surface area (Å²) in [6.07, 6.45) is 7.04. The van der Waals surface area contributed by atoms with Crippen molar-refractivity contribution in [2.24, 2.45) is 5.92 Å². The molecule has 0 bridgehead atoms. The van der Waals surface area contributed by atoms with Crippen LogP contribution in [0.1, 0.15) is 73.8 Å². The monoisotopic (exact) mass is 875 g/mol. The van der Waals surface area contributed by atoms with E-state index < -0.39 is 13.7 Å². The number of nitrogens with zero attached hydrogens (tertiary/aromatic N) is 5. The molecule has 4 aromatic carbocycles. The largest absolute Gasteiger partial charge is 0.497 e. The molecule has 1 spiro atoms. The molecule has 0 aliphatic carbocycles. The summed E-state index contributed by atoms with van der Waals surface area (Å²) in [5, 5.41) is 20.6. The SMILES string of the molecule is COc1ccc([Si](C)(C)[C@H]2[C@H](CCn3cc(C(CO)c4ccccc4)nn3)O[C@@]3(C(=O)N(Cc4ccc(N5CCCCCCC5=O)cc4)c4ccc(Br)cc43)[C@@H]2C)cc1. The van der Waals surface area contributed by atoms with Gasteiger partial charge in [0, 0.05) is 47.3 Å². The van der Waals surface area contributed by atoms with E-state index in [4.69, 9.17) is 9.47 Å². The van der Waals surface area contributed by atoms with E-state index in [2.05, 4.69) is 64.5 Å². The topological polar surface area (TPSA) is 110 Å². The second kappa shape index (κ2) is 17.2. The van der Waals surface area contributed by atoms with Crippen molar-refractivity contribution < 1.29 is 24.2 Å². The number of aryl methyl sites for hydroxylation is 1. The highest BCUT2D eigenvalue weighted by Crippen LogP contribution is 2.60. The molecule has 0 radical (unpaired) electrons. The van der Waals surface area contributed by atoms with E-state index in [1.54, 1.807) is 7.11 Å². The summed E-state index contributed by atoms with van der Waals surface area (Å²) < 4.78 is 15.7. The standard InChI is InChI=1S/C47H54BrN5O5Si/c1-32-45(59(3,4)38-22-20-37(57-2)21-23-38)43(25-27-51-30-41(49-50-51)39(31-54)34-12-8-7-9-13-34)58-47(32)40-28-35(48)17-24-42(40)53(46(47)56)29-33-15-18-36(19-16-33)52-26-11-6-5-10-14-44(52)55/h7-9,12-13,15-24,28,30,32,39,43,45,54H,5-6,10-11,14,25-27,29,31H2,1-4H3/t32-,39?,43+,45-,47+/m1/s1. The fourth-order valence-electron chi connectivity index (χ4n) is 10.0. The van der Waals surface area contributed by atoms with Crippen LogP contribution in [0.4, 0.5) is 11.4 Å². The highest BCUT2D eigenvalue weighted by atomic mass is 79.9. The average molecular weight is 877 g/mol. The van der Waals surface area contributed by atoms with Crippen molar-refractivity contribution in [3.05, 3.63) is 130 Å². The molecule has 2 fully saturated rings. The van der Waals surface area contributed by atoms with E-state index >= 15 is 4.79 Å². The Balaban J connectivity index is 1.11. The summed E-state index contributed by atoms with van der Waals surface area (Å²) in [6.45, 7) is 8.56. The Bertz CT molecular complexity index is 2270. The fraction of sp³-hybridized carbons (Fsp3) is 0.404. The van der Waals surface area contributed by atoms with Crippen LogP contribution >= 0.6 is 15.9 Å². The highest BCUT2D eigenvalue weighted by molar-refractivity contribution is 9.10. The third-order valence-corrected chi connectivity index (χ3v) is 18.0. The lowest BCUT2D eigenvalue weighted by atomic mass is 9.82. The number of aromatic nitrogens is 3. The molecule has 3 aliphatic heterocycles. The quantitative estimate of drug-likeness (QED) is 0.126. The predicted octanol–water partition coefficient (Wildman–Crippen LogP) is 8.32. The zero-order chi connectivity index (χ0) is 41.3. The van der Waals surface area contributed by atoms with Crippen molar-refractivity contribution in [2.75, 3.05) is 30.1 Å². The van der Waals surface area contributed by atoms with Gasteiger partial charge in [-0.25, -0.2) is 0 Å². The average Bonchev–Trinajstić information content (AvgIpc) is 3.90. The second-order valence-electron chi connectivity index (χ2n) is 16.9. The lowest BCUT2D eigenvalue weighted by Crippen LogP contribution is -2.51. The van der Waals surface area contributed by atoms with Crippen LogP contribution in [-0.2, 0) is 33.0 Å². The maximum absolute atomic E-state index is 15.4. The first kappa shape index (κ1) is 41.1. The van der Waals surface area contributed by atoms with Gasteiger partial charge in [0.2, 0.25) is 5.91 Å². The molecule has 1 unspecified atom stereocenters. The van der Waals surface area contributed by atoms with Crippen molar-refractivity contribution in [1.82, 2.24) is 15.0 Å². The molecule has 5 atom stereocenters. The Hall–Kier alpha value is -4.62. The van der Waals surface area contributed by atoms with Gasteiger partial charge in [-0.2, -0.15) is 0 Å². The third kappa shape index (κ3) is 7.80. The van der Waals surface area contributed by atoms with E-state index in [-0.39, 0.29) is 41.9 Å². The summed E-state index contributed by atoms with van der Waals surface area (Å²) in [4.78, 5) is 32.2. The number of benzene rings is 4. The van der Waals surface area contributed by atoms with Gasteiger partial charge in [-0.3, -0.25) is 14.3 Å². The van der Waals surface area contributed by atoms with Crippen LogP contribution in [0.25, 0.3) is 0 Å². The van der Waals surface area contributed by atoms with E-state index in [9.17, 15) is 9.90 Å². The molecule has 1 N–H and O–H groups in total. The first-order valence-electron chi connectivity index (χ1n) is 20.9. The number of rotatable bonds is 12. The van der Waals surface area contributed by atoms with Crippen LogP contribution in [0.3, 0.4) is 0 Å². The maximum atomic E-state index is 15.4. The number of ether oxygens (including phenoxy) is 2. The predicted molar refractivity (Wildman–Crippen MR) is 237 cm³/mol. The lowest BCUT2D eigenvalue weighted by Gasteiger charge is -2.37. The van der Waals surface area contributed by atoms with Crippen LogP contribution in [0.5, 0.6) is 5.75 Å². The Morgan fingerprint density at radius 2 is 1.71 bits per heavy atom. The van der Waals surface area contributed by atoms with Gasteiger partial charge < -0.3 is 24.4 Å². The van der Waals surface area contributed by atoms with Crippen molar-refractivity contribution in [1.29, 1.82) is 0 Å². The molecule has 3 aliphatic rings. The number of hydrogen-bond acceptors (Lipinski definition) is 7. The smallest absolute Gasteiger partial charge is 0.264 e. The molecular weight excluding hydrogens is 823 g/mol. The van der Waals surface area contributed by atoms with Crippen LogP contribution in [0.15, 0.2) is 108 Å². The van der Waals surface area contributed by atoms with Crippen molar-refractivity contribution >= 4 is 52.4 Å². The zero-order valence-electron chi connectivity index (χ0n) is 34.4. The minimum absolute atomic E-state index is 0.0511. The Kier molecular flexibility index (Phi) is 12.0. The zero-order valence-corrected chi connectivity index (χ0v) is 37.0. The molecule has 5 aromatic rings. The van der Waals surface area contributed by atoms with Crippen LogP contribution in [0, 0.1) is 5.92 Å². The number of aliphatic hydroxyl groups excluding tert-OH is 1. The number of hydrogen-bond donors (Lipinski definition) is 1. The Morgan fingerprint density at radius 1 is 0.966 bits per heavy atom. The number of carbonyl (C=O) groups excluding carboxylic acids is 2. The minimum Gasteiger partial charge on any atom is -0.497 e. The number of aliphatic hydroxyl groups is 1. The van der Waals surface area contributed by atoms with Crippen molar-refractivity contribution in [3.63, 3.8) is 0 Å². The van der Waals surface area contributed by atoms with Gasteiger partial charge in [-0.05, 0) is 78.4 Å². The molecule has 0 saturated carbocycles. The highest BCUT2D eigenvalue weighted by Gasteiger charge is 2.66. The Morgan fingerprint density at radius 3 is 2.44 bits per heavy atom. The number of anilines is 2. The third-order valence-electron chi connectivity index (χ3n) is 13.2. The molecule has 2 amide bonds. The summed E-state index contributed by atoms with van der Waals surface area (Å²) in [7, 11) is -0.690. The number of methoxy groups -OCH3 is 1. The molecule has 12 heteroatoms. The maximum Gasteiger partial charge on any atom is 0.264 e. The molecule has 10 nitrogen and oxygen atoms in total. The summed E-state index contributed by atoms with van der Waals surface area (Å²) in [6, 6.07) is 32.5. The Labute approximate surface area is 356 Å². The summed E-state index contributed by atoms with van der Waals surface area (Å²) in [5.41, 5.74) is 4.18. The first-order chi connectivity index (χ1) is 28.5. The van der Waals surface area contributed by atoms with E-state index in [1.807, 2.05) is 99.5 Å². The molecule has 308 valence electrons. The molecule has 4 heterocycles. The molecular formula is C47H54BrN5O5Si. The van der Waals surface area contributed by atoms with Crippen molar-refractivity contribution in [3.8, 4) is 5.75 Å². The molecule has 2 saturated heterocycles. The molecule has 59 heavy (non-hydrogen) atoms. The normalized spacial score (nSPS) is 22.7. The van der Waals surface area contributed by atoms with Gasteiger partial charge in [0.15, 0.2) is 5.60 Å². The number of carbonyl (C=O) groups is 2.